The van der Waals surface area contributed by atoms with E-state index in [1.807, 2.05) is 6.92 Å². The van der Waals surface area contributed by atoms with E-state index in [1.165, 1.54) is 5.69 Å². The van der Waals surface area contributed by atoms with Crippen LogP contribution in [0.25, 0.3) is 0 Å². The molecule has 0 aliphatic heterocycles. The molecule has 3 nitrogen and oxygen atoms in total. The Balaban J connectivity index is 2.19. The highest BCUT2D eigenvalue weighted by atomic mass is 79.9. The van der Waals surface area contributed by atoms with Gasteiger partial charge in [0.2, 0.25) is 0 Å². The number of nitrogens with two attached hydrogens (primary N) is 1. The molecule has 1 aliphatic rings. The molecule has 0 aromatic carbocycles. The molecule has 1 fully saturated rings. The van der Waals surface area contributed by atoms with Crippen LogP contribution >= 0.6 is 15.9 Å². The topological polar surface area (TPSA) is 43.8 Å². The van der Waals surface area contributed by atoms with Crippen molar-refractivity contribution >= 4 is 15.9 Å². The largest absolute Gasteiger partial charge is 0.327 e. The lowest BCUT2D eigenvalue weighted by Gasteiger charge is -2.15. The van der Waals surface area contributed by atoms with Crippen molar-refractivity contribution in [1.82, 2.24) is 9.78 Å². The van der Waals surface area contributed by atoms with Gasteiger partial charge in [0.15, 0.2) is 0 Å². The average Bonchev–Trinajstić information content (AvgIpc) is 2.56. The zero-order chi connectivity index (χ0) is 14.6. The number of halogens is 1. The van der Waals surface area contributed by atoms with E-state index < -0.39 is 0 Å². The third-order valence-electron chi connectivity index (χ3n) is 5.44. The van der Waals surface area contributed by atoms with Gasteiger partial charge >= 0.3 is 0 Å². The fourth-order valence-electron chi connectivity index (χ4n) is 3.72. The van der Waals surface area contributed by atoms with Gasteiger partial charge in [0.05, 0.1) is 15.9 Å². The molecule has 1 aromatic rings. The SMILES string of the molecule is CCn1nc(C)c(Br)c1CC(N)C1C(C)(C)C1(C)C. The number of aromatic nitrogens is 2. The molecular formula is C15H26BrN3. The second kappa shape index (κ2) is 4.59. The Kier molecular flexibility index (Phi) is 3.63. The van der Waals surface area contributed by atoms with Crippen LogP contribution in [-0.2, 0) is 13.0 Å². The molecule has 1 heterocycles. The highest BCUT2D eigenvalue weighted by Gasteiger charge is 2.66. The highest BCUT2D eigenvalue weighted by molar-refractivity contribution is 9.10. The van der Waals surface area contributed by atoms with Gasteiger partial charge in [0.25, 0.3) is 0 Å². The zero-order valence-electron chi connectivity index (χ0n) is 12.9. The molecule has 0 radical (unpaired) electrons. The Bertz CT molecular complexity index is 474. The minimum atomic E-state index is 0.197. The van der Waals surface area contributed by atoms with Crippen molar-refractivity contribution in [3.05, 3.63) is 15.9 Å². The van der Waals surface area contributed by atoms with Crippen LogP contribution in [0.5, 0.6) is 0 Å². The molecule has 4 heteroatoms. The van der Waals surface area contributed by atoms with E-state index in [0.717, 1.165) is 23.1 Å². The van der Waals surface area contributed by atoms with Gasteiger partial charge in [-0.3, -0.25) is 4.68 Å². The average molecular weight is 328 g/mol. The maximum absolute atomic E-state index is 6.50. The molecular weight excluding hydrogens is 302 g/mol. The summed E-state index contributed by atoms with van der Waals surface area (Å²) in [7, 11) is 0. The summed E-state index contributed by atoms with van der Waals surface area (Å²) in [4.78, 5) is 0. The fourth-order valence-corrected chi connectivity index (χ4v) is 4.17. The standard InChI is InChI=1S/C15H26BrN3/c1-7-19-11(12(16)9(2)18-19)8-10(17)13-14(3,4)15(13,5)6/h10,13H,7-8,17H2,1-6H3. The van der Waals surface area contributed by atoms with Crippen molar-refractivity contribution in [1.29, 1.82) is 0 Å². The summed E-state index contributed by atoms with van der Waals surface area (Å²) in [5, 5.41) is 4.55. The van der Waals surface area contributed by atoms with Crippen molar-refractivity contribution in [2.45, 2.75) is 60.5 Å². The first-order chi connectivity index (χ1) is 8.64. The van der Waals surface area contributed by atoms with E-state index >= 15 is 0 Å². The molecule has 1 unspecified atom stereocenters. The Morgan fingerprint density at radius 2 is 1.84 bits per heavy atom. The quantitative estimate of drug-likeness (QED) is 0.919. The minimum absolute atomic E-state index is 0.197. The van der Waals surface area contributed by atoms with Gasteiger partial charge < -0.3 is 5.73 Å². The van der Waals surface area contributed by atoms with Crippen LogP contribution in [0.1, 0.15) is 46.0 Å². The van der Waals surface area contributed by atoms with E-state index in [1.54, 1.807) is 0 Å². The Labute approximate surface area is 125 Å². The van der Waals surface area contributed by atoms with Crippen molar-refractivity contribution < 1.29 is 0 Å². The van der Waals surface area contributed by atoms with Gasteiger partial charge in [-0.1, -0.05) is 27.7 Å². The maximum atomic E-state index is 6.50. The van der Waals surface area contributed by atoms with E-state index in [0.29, 0.717) is 16.7 Å². The first-order valence-corrected chi connectivity index (χ1v) is 7.91. The molecule has 2 N–H and O–H groups in total. The lowest BCUT2D eigenvalue weighted by molar-refractivity contribution is 0.457. The first-order valence-electron chi connectivity index (χ1n) is 7.12. The van der Waals surface area contributed by atoms with Crippen LogP contribution in [-0.4, -0.2) is 15.8 Å². The third kappa shape index (κ3) is 2.17. The second-order valence-electron chi connectivity index (χ2n) is 6.95. The number of hydrogen-bond donors (Lipinski definition) is 1. The predicted octanol–water partition coefficient (Wildman–Crippen LogP) is 3.53. The molecule has 0 spiro atoms. The van der Waals surface area contributed by atoms with Crippen molar-refractivity contribution in [3.63, 3.8) is 0 Å². The number of aryl methyl sites for hydroxylation is 2. The van der Waals surface area contributed by atoms with Crippen LogP contribution in [0, 0.1) is 23.7 Å². The lowest BCUT2D eigenvalue weighted by atomic mass is 10.0. The van der Waals surface area contributed by atoms with E-state index in [2.05, 4.69) is 60.3 Å². The molecule has 2 rings (SSSR count). The smallest absolute Gasteiger partial charge is 0.0738 e. The highest BCUT2D eigenvalue weighted by Crippen LogP contribution is 2.69. The maximum Gasteiger partial charge on any atom is 0.0738 e. The molecule has 1 atom stereocenters. The monoisotopic (exact) mass is 327 g/mol. The van der Waals surface area contributed by atoms with Gasteiger partial charge in [0.1, 0.15) is 0 Å². The summed E-state index contributed by atoms with van der Waals surface area (Å²) >= 11 is 3.66. The fraction of sp³-hybridized carbons (Fsp3) is 0.800. The van der Waals surface area contributed by atoms with Gasteiger partial charge in [-0.05, 0) is 46.5 Å². The van der Waals surface area contributed by atoms with Crippen LogP contribution in [0.2, 0.25) is 0 Å². The third-order valence-corrected chi connectivity index (χ3v) is 6.47. The molecule has 1 saturated carbocycles. The Hall–Kier alpha value is -0.350. The molecule has 19 heavy (non-hydrogen) atoms. The van der Waals surface area contributed by atoms with Crippen LogP contribution < -0.4 is 5.73 Å². The normalized spacial score (nSPS) is 22.5. The van der Waals surface area contributed by atoms with Crippen molar-refractivity contribution in [2.75, 3.05) is 0 Å². The van der Waals surface area contributed by atoms with Crippen molar-refractivity contribution in [2.24, 2.45) is 22.5 Å². The molecule has 0 saturated heterocycles. The van der Waals surface area contributed by atoms with Crippen molar-refractivity contribution in [3.8, 4) is 0 Å². The number of rotatable bonds is 4. The Morgan fingerprint density at radius 3 is 2.26 bits per heavy atom. The molecule has 108 valence electrons. The van der Waals surface area contributed by atoms with Gasteiger partial charge in [0, 0.05) is 19.0 Å². The minimum Gasteiger partial charge on any atom is -0.327 e. The van der Waals surface area contributed by atoms with Gasteiger partial charge in [-0.2, -0.15) is 5.10 Å². The second-order valence-corrected chi connectivity index (χ2v) is 7.74. The van der Waals surface area contributed by atoms with Crippen LogP contribution in [0.4, 0.5) is 0 Å². The summed E-state index contributed by atoms with van der Waals surface area (Å²) in [5.74, 6) is 0.576. The molecule has 0 bridgehead atoms. The zero-order valence-corrected chi connectivity index (χ0v) is 14.5. The molecule has 0 amide bonds. The van der Waals surface area contributed by atoms with E-state index in [-0.39, 0.29) is 6.04 Å². The van der Waals surface area contributed by atoms with E-state index in [4.69, 9.17) is 5.73 Å². The predicted molar refractivity (Wildman–Crippen MR) is 83.1 cm³/mol. The molecule has 1 aliphatic carbocycles. The van der Waals surface area contributed by atoms with Crippen LogP contribution in [0.3, 0.4) is 0 Å². The lowest BCUT2D eigenvalue weighted by Crippen LogP contribution is -2.29. The van der Waals surface area contributed by atoms with Gasteiger partial charge in [-0.25, -0.2) is 0 Å². The Morgan fingerprint density at radius 1 is 1.32 bits per heavy atom. The van der Waals surface area contributed by atoms with E-state index in [9.17, 15) is 0 Å². The van der Waals surface area contributed by atoms with Gasteiger partial charge in [-0.15, -0.1) is 0 Å². The molecule has 1 aromatic heterocycles. The number of nitrogens with zero attached hydrogens (tertiary/aromatic N) is 2. The summed E-state index contributed by atoms with van der Waals surface area (Å²) in [6.07, 6.45) is 0.896. The first kappa shape index (κ1) is 15.0. The summed E-state index contributed by atoms with van der Waals surface area (Å²) in [5.41, 5.74) is 9.47. The number of hydrogen-bond acceptors (Lipinski definition) is 2. The summed E-state index contributed by atoms with van der Waals surface area (Å²) in [6, 6.07) is 0.197. The van der Waals surface area contributed by atoms with Crippen LogP contribution in [0.15, 0.2) is 4.47 Å². The summed E-state index contributed by atoms with van der Waals surface area (Å²) in [6.45, 7) is 14.4. The summed E-state index contributed by atoms with van der Waals surface area (Å²) < 4.78 is 3.20.